The fourth-order valence-corrected chi connectivity index (χ4v) is 5.52. The van der Waals surface area contributed by atoms with Gasteiger partial charge in [-0.2, -0.15) is 4.31 Å². The minimum atomic E-state index is -3.70. The highest BCUT2D eigenvalue weighted by Crippen LogP contribution is 2.27. The molecule has 1 aliphatic rings. The molecule has 1 aromatic heterocycles. The molecule has 1 atom stereocenters. The third-order valence-corrected chi connectivity index (χ3v) is 7.30. The first-order valence-corrected chi connectivity index (χ1v) is 11.2. The maximum absolute atomic E-state index is 13.6. The molecule has 7 heteroatoms. The number of rotatable bonds is 5. The Morgan fingerprint density at radius 1 is 1.14 bits per heavy atom. The normalized spacial score (nSPS) is 18.1. The number of hydrogen-bond acceptors (Lipinski definition) is 3. The molecule has 0 N–H and O–H groups in total. The second-order valence-corrected chi connectivity index (χ2v) is 9.47. The van der Waals surface area contributed by atoms with E-state index in [2.05, 4.69) is 9.55 Å². The van der Waals surface area contributed by atoms with E-state index in [0.29, 0.717) is 19.6 Å². The van der Waals surface area contributed by atoms with Gasteiger partial charge in [-0.05, 0) is 43.9 Å². The zero-order chi connectivity index (χ0) is 20.4. The summed E-state index contributed by atoms with van der Waals surface area (Å²) in [5.74, 6) is 0.525. The second-order valence-electron chi connectivity index (χ2n) is 7.53. The topological polar surface area (TPSA) is 55.2 Å². The third-order valence-electron chi connectivity index (χ3n) is 5.44. The highest BCUT2D eigenvalue weighted by molar-refractivity contribution is 7.89. The van der Waals surface area contributed by atoms with Crippen LogP contribution < -0.4 is 0 Å². The molecular weight excluding hydrogens is 389 g/mol. The van der Waals surface area contributed by atoms with E-state index in [1.807, 2.05) is 43.5 Å². The Kier molecular flexibility index (Phi) is 5.52. The Balaban J connectivity index is 1.55. The Hall–Kier alpha value is -2.51. The van der Waals surface area contributed by atoms with Crippen LogP contribution >= 0.6 is 0 Å². The number of halogens is 1. The van der Waals surface area contributed by atoms with Gasteiger partial charge in [-0.15, -0.1) is 0 Å². The lowest BCUT2D eigenvalue weighted by molar-refractivity contribution is 0.245. The van der Waals surface area contributed by atoms with Crippen LogP contribution in [0.5, 0.6) is 0 Å². The van der Waals surface area contributed by atoms with Crippen molar-refractivity contribution in [1.29, 1.82) is 0 Å². The van der Waals surface area contributed by atoms with Crippen LogP contribution in [-0.2, 0) is 16.6 Å². The maximum atomic E-state index is 13.6. The van der Waals surface area contributed by atoms with Gasteiger partial charge in [0.2, 0.25) is 10.0 Å². The van der Waals surface area contributed by atoms with Gasteiger partial charge in [0.05, 0.1) is 4.90 Å². The number of nitrogens with zero attached hydrogens (tertiary/aromatic N) is 3. The average molecular weight is 414 g/mol. The number of aryl methyl sites for hydroxylation is 1. The van der Waals surface area contributed by atoms with Gasteiger partial charge in [0, 0.05) is 37.1 Å². The molecule has 2 aromatic carbocycles. The lowest BCUT2D eigenvalue weighted by Gasteiger charge is -2.32. The van der Waals surface area contributed by atoms with Crippen molar-refractivity contribution < 1.29 is 12.8 Å². The highest BCUT2D eigenvalue weighted by Gasteiger charge is 2.31. The van der Waals surface area contributed by atoms with Gasteiger partial charge >= 0.3 is 0 Å². The molecule has 0 aliphatic carbocycles. The molecule has 3 aromatic rings. The van der Waals surface area contributed by atoms with E-state index >= 15 is 0 Å². The molecule has 0 saturated carbocycles. The summed E-state index contributed by atoms with van der Waals surface area (Å²) in [6.45, 7) is 3.60. The molecule has 0 radical (unpaired) electrons. The van der Waals surface area contributed by atoms with E-state index in [0.717, 1.165) is 36.0 Å². The number of benzene rings is 2. The van der Waals surface area contributed by atoms with Crippen LogP contribution in [0.1, 0.15) is 18.5 Å². The third kappa shape index (κ3) is 4.11. The summed E-state index contributed by atoms with van der Waals surface area (Å²) in [6, 6.07) is 15.2. The van der Waals surface area contributed by atoms with Crippen LogP contribution in [0.25, 0.3) is 11.4 Å². The average Bonchev–Trinajstić information content (AvgIpc) is 3.09. The van der Waals surface area contributed by atoms with Crippen molar-refractivity contribution in [2.75, 3.05) is 13.1 Å². The van der Waals surface area contributed by atoms with Gasteiger partial charge in [0.15, 0.2) is 0 Å². The Bertz CT molecular complexity index is 1100. The fourth-order valence-electron chi connectivity index (χ4n) is 3.94. The molecule has 1 aliphatic heterocycles. The monoisotopic (exact) mass is 413 g/mol. The lowest BCUT2D eigenvalue weighted by Crippen LogP contribution is -2.41. The molecule has 5 nitrogen and oxygen atoms in total. The van der Waals surface area contributed by atoms with Crippen molar-refractivity contribution in [3.63, 3.8) is 0 Å². The van der Waals surface area contributed by atoms with Gasteiger partial charge in [-0.25, -0.2) is 17.8 Å². The summed E-state index contributed by atoms with van der Waals surface area (Å²) in [7, 11) is -3.70. The van der Waals surface area contributed by atoms with Gasteiger partial charge in [0.1, 0.15) is 11.6 Å². The molecule has 29 heavy (non-hydrogen) atoms. The SMILES string of the molecule is Cc1cnc(-c2ccccc2)n1CC1CCCN(S(=O)(=O)c2cccc(F)c2)C1. The first-order chi connectivity index (χ1) is 13.9. The summed E-state index contributed by atoms with van der Waals surface area (Å²) in [6.07, 6.45) is 3.58. The maximum Gasteiger partial charge on any atom is 0.243 e. The second kappa shape index (κ2) is 8.08. The van der Waals surface area contributed by atoms with Crippen LogP contribution in [0.3, 0.4) is 0 Å². The summed E-state index contributed by atoms with van der Waals surface area (Å²) in [4.78, 5) is 4.58. The zero-order valence-corrected chi connectivity index (χ0v) is 17.1. The largest absolute Gasteiger partial charge is 0.328 e. The van der Waals surface area contributed by atoms with Crippen LogP contribution in [0, 0.1) is 18.7 Å². The van der Waals surface area contributed by atoms with Crippen molar-refractivity contribution in [3.05, 3.63) is 72.3 Å². The van der Waals surface area contributed by atoms with Crippen molar-refractivity contribution >= 4 is 10.0 Å². The van der Waals surface area contributed by atoms with Crippen molar-refractivity contribution in [2.24, 2.45) is 5.92 Å². The van der Waals surface area contributed by atoms with Crippen LogP contribution in [0.4, 0.5) is 4.39 Å². The Morgan fingerprint density at radius 3 is 2.69 bits per heavy atom. The van der Waals surface area contributed by atoms with Gasteiger partial charge in [0.25, 0.3) is 0 Å². The number of imidazole rings is 1. The molecule has 1 fully saturated rings. The standard InChI is InChI=1S/C22H24FN3O2S/c1-17-14-24-22(19-8-3-2-4-9-19)26(17)16-18-7-6-12-25(15-18)29(27,28)21-11-5-10-20(23)13-21/h2-5,8-11,13-14,18H,6-7,12,15-16H2,1H3. The quantitative estimate of drug-likeness (QED) is 0.633. The first-order valence-electron chi connectivity index (χ1n) is 9.78. The number of aromatic nitrogens is 2. The van der Waals surface area contributed by atoms with Crippen molar-refractivity contribution in [2.45, 2.75) is 31.2 Å². The summed E-state index contributed by atoms with van der Waals surface area (Å²) in [5.41, 5.74) is 2.09. The van der Waals surface area contributed by atoms with E-state index in [1.54, 1.807) is 0 Å². The molecule has 152 valence electrons. The summed E-state index contributed by atoms with van der Waals surface area (Å²) < 4.78 is 43.2. The van der Waals surface area contributed by atoms with Gasteiger partial charge < -0.3 is 4.57 Å². The van der Waals surface area contributed by atoms with Crippen LogP contribution in [0.2, 0.25) is 0 Å². The summed E-state index contributed by atoms with van der Waals surface area (Å²) >= 11 is 0. The van der Waals surface area contributed by atoms with E-state index in [9.17, 15) is 12.8 Å². The number of sulfonamides is 1. The molecule has 1 unspecified atom stereocenters. The molecule has 1 saturated heterocycles. The highest BCUT2D eigenvalue weighted by atomic mass is 32.2. The first kappa shape index (κ1) is 19.8. The molecular formula is C22H24FN3O2S. The number of hydrogen-bond donors (Lipinski definition) is 0. The molecule has 0 spiro atoms. The fraction of sp³-hybridized carbons (Fsp3) is 0.318. The smallest absolute Gasteiger partial charge is 0.243 e. The minimum Gasteiger partial charge on any atom is -0.328 e. The predicted octanol–water partition coefficient (Wildman–Crippen LogP) is 4.10. The molecule has 4 rings (SSSR count). The van der Waals surface area contributed by atoms with Crippen LogP contribution in [-0.4, -0.2) is 35.4 Å². The van der Waals surface area contributed by atoms with Crippen LogP contribution in [0.15, 0.2) is 65.7 Å². The van der Waals surface area contributed by atoms with E-state index in [-0.39, 0.29) is 10.8 Å². The molecule has 0 bridgehead atoms. The molecule has 2 heterocycles. The van der Waals surface area contributed by atoms with Gasteiger partial charge in [-0.3, -0.25) is 0 Å². The number of piperidine rings is 1. The lowest BCUT2D eigenvalue weighted by atomic mass is 9.99. The Morgan fingerprint density at radius 2 is 1.93 bits per heavy atom. The predicted molar refractivity (Wildman–Crippen MR) is 110 cm³/mol. The summed E-state index contributed by atoms with van der Waals surface area (Å²) in [5, 5.41) is 0. The molecule has 0 amide bonds. The van der Waals surface area contributed by atoms with E-state index < -0.39 is 15.8 Å². The minimum absolute atomic E-state index is 0.0157. The van der Waals surface area contributed by atoms with E-state index in [1.165, 1.54) is 22.5 Å². The Labute approximate surface area is 170 Å². The van der Waals surface area contributed by atoms with Crippen molar-refractivity contribution in [1.82, 2.24) is 13.9 Å². The van der Waals surface area contributed by atoms with Gasteiger partial charge in [-0.1, -0.05) is 36.4 Å². The van der Waals surface area contributed by atoms with Crippen molar-refractivity contribution in [3.8, 4) is 11.4 Å². The van der Waals surface area contributed by atoms with E-state index in [4.69, 9.17) is 0 Å². The zero-order valence-electron chi connectivity index (χ0n) is 16.3.